The van der Waals surface area contributed by atoms with Crippen LogP contribution in [0.3, 0.4) is 0 Å². The Balaban J connectivity index is 1.72. The second-order valence-electron chi connectivity index (χ2n) is 6.68. The van der Waals surface area contributed by atoms with E-state index in [4.69, 9.17) is 4.74 Å². The molecular weight excluding hydrogens is 358 g/mol. The van der Waals surface area contributed by atoms with Gasteiger partial charge in [0.05, 0.1) is 22.9 Å². The highest BCUT2D eigenvalue weighted by molar-refractivity contribution is 8.00. The summed E-state index contributed by atoms with van der Waals surface area (Å²) in [7, 11) is 0. The Morgan fingerprint density at radius 1 is 1.22 bits per heavy atom. The van der Waals surface area contributed by atoms with Crippen LogP contribution in [-0.2, 0) is 4.79 Å². The molecule has 1 heterocycles. The van der Waals surface area contributed by atoms with E-state index in [2.05, 4.69) is 34.3 Å². The van der Waals surface area contributed by atoms with Gasteiger partial charge in [-0.1, -0.05) is 29.5 Å². The molecule has 1 aromatic heterocycles. The fraction of sp³-hybridized carbons (Fsp3) is 0.333. The number of carbonyl (C=O) groups excluding carboxylic acids is 1. The number of nitrogens with zero attached hydrogens (tertiary/aromatic N) is 1. The lowest BCUT2D eigenvalue weighted by atomic mass is 10.1. The number of H-pyrrole nitrogens is 1. The number of benzene rings is 2. The number of aryl methyl sites for hydroxylation is 3. The van der Waals surface area contributed by atoms with Crippen LogP contribution in [0.1, 0.15) is 30.5 Å². The van der Waals surface area contributed by atoms with Crippen LogP contribution >= 0.6 is 11.8 Å². The van der Waals surface area contributed by atoms with Crippen LogP contribution in [-0.4, -0.2) is 27.7 Å². The molecule has 5 nitrogen and oxygen atoms in total. The van der Waals surface area contributed by atoms with Crippen molar-refractivity contribution in [3.63, 3.8) is 0 Å². The molecule has 0 bridgehead atoms. The molecule has 0 spiro atoms. The van der Waals surface area contributed by atoms with Crippen LogP contribution in [0.15, 0.2) is 35.5 Å². The molecule has 0 saturated carbocycles. The lowest BCUT2D eigenvalue weighted by Crippen LogP contribution is -2.23. The van der Waals surface area contributed by atoms with Crippen molar-refractivity contribution in [1.29, 1.82) is 0 Å². The summed E-state index contributed by atoms with van der Waals surface area (Å²) in [5.74, 6) is 0.770. The third kappa shape index (κ3) is 4.45. The maximum atomic E-state index is 12.7. The first-order valence-corrected chi connectivity index (χ1v) is 9.93. The summed E-state index contributed by atoms with van der Waals surface area (Å²) in [6.07, 6.45) is 0. The van der Waals surface area contributed by atoms with Gasteiger partial charge in [-0.25, -0.2) is 4.98 Å². The summed E-state index contributed by atoms with van der Waals surface area (Å²) in [4.78, 5) is 20.5. The molecule has 2 N–H and O–H groups in total. The average molecular weight is 384 g/mol. The molecule has 0 radical (unpaired) electrons. The minimum absolute atomic E-state index is 0.0366. The normalized spacial score (nSPS) is 12.2. The second kappa shape index (κ2) is 8.05. The fourth-order valence-electron chi connectivity index (χ4n) is 3.10. The van der Waals surface area contributed by atoms with E-state index < -0.39 is 0 Å². The highest BCUT2D eigenvalue weighted by Crippen LogP contribution is 2.28. The van der Waals surface area contributed by atoms with Gasteiger partial charge in [-0.3, -0.25) is 4.79 Å². The van der Waals surface area contributed by atoms with E-state index >= 15 is 0 Å². The number of fused-ring (bicyclic) bond motifs is 1. The first kappa shape index (κ1) is 19.3. The summed E-state index contributed by atoms with van der Waals surface area (Å²) < 4.78 is 5.52. The SMILES string of the molecule is CCOc1ccc2nc(S[C@@H](C)C(=O)Nc3c(C)cc(C)cc3C)[nH]c2c1. The Morgan fingerprint density at radius 3 is 2.59 bits per heavy atom. The standard InChI is InChI=1S/C21H25N3O2S/c1-6-26-16-7-8-17-18(11-16)23-21(22-17)27-15(5)20(25)24-19-13(3)9-12(2)10-14(19)4/h7-11,15H,6H2,1-5H3,(H,22,23)(H,24,25)/t15-/m0/s1. The Hall–Kier alpha value is -2.47. The zero-order valence-corrected chi connectivity index (χ0v) is 17.2. The van der Waals surface area contributed by atoms with Gasteiger partial charge >= 0.3 is 0 Å². The van der Waals surface area contributed by atoms with Gasteiger partial charge in [0.25, 0.3) is 0 Å². The molecule has 142 valence electrons. The molecule has 0 aliphatic carbocycles. The van der Waals surface area contributed by atoms with Gasteiger partial charge in [0, 0.05) is 11.8 Å². The molecule has 0 unspecified atom stereocenters. The van der Waals surface area contributed by atoms with Gasteiger partial charge in [-0.15, -0.1) is 0 Å². The molecular formula is C21H25N3O2S. The van der Waals surface area contributed by atoms with Gasteiger partial charge in [-0.05, 0) is 57.9 Å². The predicted molar refractivity (Wildman–Crippen MR) is 112 cm³/mol. The third-order valence-corrected chi connectivity index (χ3v) is 5.31. The maximum absolute atomic E-state index is 12.7. The molecule has 2 aromatic carbocycles. The second-order valence-corrected chi connectivity index (χ2v) is 8.01. The molecule has 1 amide bonds. The van der Waals surface area contributed by atoms with E-state index in [0.29, 0.717) is 6.61 Å². The minimum atomic E-state index is -0.281. The Kier molecular flexibility index (Phi) is 5.75. The lowest BCUT2D eigenvalue weighted by molar-refractivity contribution is -0.115. The Bertz CT molecular complexity index is 958. The van der Waals surface area contributed by atoms with Crippen molar-refractivity contribution in [2.75, 3.05) is 11.9 Å². The van der Waals surface area contributed by atoms with E-state index in [0.717, 1.165) is 38.8 Å². The molecule has 0 fully saturated rings. The first-order valence-electron chi connectivity index (χ1n) is 9.05. The highest BCUT2D eigenvalue weighted by Gasteiger charge is 2.18. The van der Waals surface area contributed by atoms with Crippen molar-refractivity contribution in [1.82, 2.24) is 9.97 Å². The number of carbonyl (C=O) groups is 1. The number of anilines is 1. The number of rotatable bonds is 6. The van der Waals surface area contributed by atoms with Gasteiger partial charge < -0.3 is 15.0 Å². The van der Waals surface area contributed by atoms with Gasteiger partial charge in [0.2, 0.25) is 5.91 Å². The summed E-state index contributed by atoms with van der Waals surface area (Å²) in [6.45, 7) is 10.6. The van der Waals surface area contributed by atoms with E-state index in [1.807, 2.05) is 45.9 Å². The summed E-state index contributed by atoms with van der Waals surface area (Å²) >= 11 is 1.41. The molecule has 3 aromatic rings. The summed E-state index contributed by atoms with van der Waals surface area (Å²) in [6, 6.07) is 9.91. The van der Waals surface area contributed by atoms with Crippen LogP contribution < -0.4 is 10.1 Å². The molecule has 1 atom stereocenters. The lowest BCUT2D eigenvalue weighted by Gasteiger charge is -2.15. The number of thioether (sulfide) groups is 1. The number of hydrogen-bond donors (Lipinski definition) is 2. The number of nitrogens with one attached hydrogen (secondary N) is 2. The van der Waals surface area contributed by atoms with Crippen molar-refractivity contribution >= 4 is 34.4 Å². The number of hydrogen-bond acceptors (Lipinski definition) is 4. The van der Waals surface area contributed by atoms with E-state index in [1.54, 1.807) is 0 Å². The minimum Gasteiger partial charge on any atom is -0.494 e. The van der Waals surface area contributed by atoms with Crippen LogP contribution in [0.2, 0.25) is 0 Å². The number of aromatic nitrogens is 2. The summed E-state index contributed by atoms with van der Waals surface area (Å²) in [5, 5.41) is 3.50. The van der Waals surface area contributed by atoms with Gasteiger partial charge in [0.1, 0.15) is 5.75 Å². The average Bonchev–Trinajstić information content (AvgIpc) is 2.99. The van der Waals surface area contributed by atoms with E-state index in [-0.39, 0.29) is 11.2 Å². The smallest absolute Gasteiger partial charge is 0.237 e. The predicted octanol–water partition coefficient (Wildman–Crippen LogP) is 5.01. The van der Waals surface area contributed by atoms with Crippen molar-refractivity contribution in [2.24, 2.45) is 0 Å². The molecule has 0 saturated heterocycles. The topological polar surface area (TPSA) is 67.0 Å². The number of ether oxygens (including phenoxy) is 1. The molecule has 0 aliphatic heterocycles. The van der Waals surface area contributed by atoms with Crippen molar-refractivity contribution in [3.8, 4) is 5.75 Å². The first-order chi connectivity index (χ1) is 12.9. The van der Waals surface area contributed by atoms with E-state index in [1.165, 1.54) is 17.3 Å². The zero-order valence-electron chi connectivity index (χ0n) is 16.3. The number of aromatic amines is 1. The maximum Gasteiger partial charge on any atom is 0.237 e. The van der Waals surface area contributed by atoms with Crippen LogP contribution in [0.25, 0.3) is 11.0 Å². The van der Waals surface area contributed by atoms with Gasteiger partial charge in [0.15, 0.2) is 5.16 Å². The largest absolute Gasteiger partial charge is 0.494 e. The molecule has 27 heavy (non-hydrogen) atoms. The monoisotopic (exact) mass is 383 g/mol. The Labute approximate surface area is 163 Å². The molecule has 0 aliphatic rings. The van der Waals surface area contributed by atoms with Crippen LogP contribution in [0.5, 0.6) is 5.75 Å². The van der Waals surface area contributed by atoms with Crippen molar-refractivity contribution < 1.29 is 9.53 Å². The molecule has 3 rings (SSSR count). The number of imidazole rings is 1. The highest BCUT2D eigenvalue weighted by atomic mass is 32.2. The Morgan fingerprint density at radius 2 is 1.93 bits per heavy atom. The summed E-state index contributed by atoms with van der Waals surface area (Å²) in [5.41, 5.74) is 6.00. The number of amides is 1. The quantitative estimate of drug-likeness (QED) is 0.588. The zero-order chi connectivity index (χ0) is 19.6. The van der Waals surface area contributed by atoms with Crippen molar-refractivity contribution in [3.05, 3.63) is 47.0 Å². The van der Waals surface area contributed by atoms with E-state index in [9.17, 15) is 4.79 Å². The van der Waals surface area contributed by atoms with Crippen LogP contribution in [0.4, 0.5) is 5.69 Å². The molecule has 6 heteroatoms. The van der Waals surface area contributed by atoms with Crippen LogP contribution in [0, 0.1) is 20.8 Å². The third-order valence-electron chi connectivity index (χ3n) is 4.33. The van der Waals surface area contributed by atoms with Gasteiger partial charge in [-0.2, -0.15) is 0 Å². The fourth-order valence-corrected chi connectivity index (χ4v) is 3.92. The van der Waals surface area contributed by atoms with Crippen molar-refractivity contribution in [2.45, 2.75) is 45.0 Å².